The van der Waals surface area contributed by atoms with Crippen LogP contribution in [0.5, 0.6) is 0 Å². The number of amides is 3. The van der Waals surface area contributed by atoms with E-state index in [1.807, 2.05) is 18.2 Å². The number of carbonyl (C=O) groups is 2. The Balaban J connectivity index is 1.40. The Morgan fingerprint density at radius 1 is 1.04 bits per heavy atom. The molecule has 3 amide bonds. The average molecular weight is 422 g/mol. The number of nitrogens with zero attached hydrogens (tertiary/aromatic N) is 3. The molecule has 0 unspecified atom stereocenters. The number of urea groups is 1. The minimum Gasteiger partial charge on any atom is -0.368 e. The summed E-state index contributed by atoms with van der Waals surface area (Å²) in [7, 11) is 0. The molecule has 0 spiro atoms. The van der Waals surface area contributed by atoms with Crippen LogP contribution in [0.3, 0.4) is 0 Å². The van der Waals surface area contributed by atoms with E-state index in [9.17, 15) is 9.59 Å². The maximum absolute atomic E-state index is 12.3. The molecule has 0 atom stereocenters. The Morgan fingerprint density at radius 3 is 2.50 bits per heavy atom. The summed E-state index contributed by atoms with van der Waals surface area (Å²) >= 11 is 12.0. The van der Waals surface area contributed by atoms with Crippen LogP contribution >= 0.6 is 23.2 Å². The smallest absolute Gasteiger partial charge is 0.317 e. The van der Waals surface area contributed by atoms with Crippen LogP contribution in [0.2, 0.25) is 10.0 Å². The van der Waals surface area contributed by atoms with Crippen molar-refractivity contribution in [1.29, 1.82) is 0 Å². The molecule has 1 aromatic carbocycles. The monoisotopic (exact) mass is 421 g/mol. The number of rotatable bonds is 5. The third kappa shape index (κ3) is 5.50. The van der Waals surface area contributed by atoms with Crippen molar-refractivity contribution in [2.24, 2.45) is 0 Å². The predicted molar refractivity (Wildman–Crippen MR) is 110 cm³/mol. The SMILES string of the molecule is O=C(CNC(=O)N1CCN(c2ccc(Cl)c(Cl)c2)CC1)NCc1cccnc1. The second kappa shape index (κ2) is 9.61. The molecule has 148 valence electrons. The minimum absolute atomic E-state index is 0.0634. The molecular weight excluding hydrogens is 401 g/mol. The number of benzene rings is 1. The first-order chi connectivity index (χ1) is 13.5. The molecule has 1 saturated heterocycles. The van der Waals surface area contributed by atoms with Gasteiger partial charge >= 0.3 is 6.03 Å². The standard InChI is InChI=1S/C19H21Cl2N5O2/c20-16-4-3-15(10-17(16)21)25-6-8-26(9-7-25)19(28)24-13-18(27)23-12-14-2-1-5-22-11-14/h1-5,10-11H,6-9,12-13H2,(H,23,27)(H,24,28). The maximum Gasteiger partial charge on any atom is 0.317 e. The Kier molecular flexibility index (Phi) is 6.95. The van der Waals surface area contributed by atoms with Crippen LogP contribution in [-0.4, -0.2) is 54.5 Å². The summed E-state index contributed by atoms with van der Waals surface area (Å²) in [6.07, 6.45) is 3.36. The van der Waals surface area contributed by atoms with Crippen molar-refractivity contribution in [3.8, 4) is 0 Å². The fourth-order valence-corrected chi connectivity index (χ4v) is 3.18. The lowest BCUT2D eigenvalue weighted by atomic mass is 10.2. The summed E-state index contributed by atoms with van der Waals surface area (Å²) in [5.41, 5.74) is 1.88. The topological polar surface area (TPSA) is 77.6 Å². The average Bonchev–Trinajstić information content (AvgIpc) is 2.73. The van der Waals surface area contributed by atoms with Crippen molar-refractivity contribution < 1.29 is 9.59 Å². The van der Waals surface area contributed by atoms with Gasteiger partial charge in [-0.25, -0.2) is 4.79 Å². The van der Waals surface area contributed by atoms with Gasteiger partial charge in [-0.2, -0.15) is 0 Å². The normalized spacial score (nSPS) is 13.9. The van der Waals surface area contributed by atoms with Crippen LogP contribution in [0.4, 0.5) is 10.5 Å². The highest BCUT2D eigenvalue weighted by Gasteiger charge is 2.22. The number of hydrogen-bond acceptors (Lipinski definition) is 4. The number of nitrogens with one attached hydrogen (secondary N) is 2. The molecule has 2 heterocycles. The van der Waals surface area contributed by atoms with Crippen LogP contribution in [0.1, 0.15) is 5.56 Å². The van der Waals surface area contributed by atoms with Gasteiger partial charge in [-0.05, 0) is 29.8 Å². The van der Waals surface area contributed by atoms with E-state index in [2.05, 4.69) is 20.5 Å². The molecule has 1 fully saturated rings. The second-order valence-corrected chi connectivity index (χ2v) is 7.18. The molecular formula is C19H21Cl2N5O2. The van der Waals surface area contributed by atoms with Gasteiger partial charge in [0.05, 0.1) is 16.6 Å². The molecule has 0 aliphatic carbocycles. The van der Waals surface area contributed by atoms with Gasteiger partial charge in [-0.1, -0.05) is 29.3 Å². The van der Waals surface area contributed by atoms with E-state index in [0.29, 0.717) is 42.8 Å². The number of pyridine rings is 1. The van der Waals surface area contributed by atoms with Crippen molar-refractivity contribution in [3.05, 3.63) is 58.3 Å². The Labute approximate surface area is 173 Å². The first-order valence-electron chi connectivity index (χ1n) is 8.91. The number of piperazine rings is 1. The van der Waals surface area contributed by atoms with Crippen molar-refractivity contribution >= 4 is 40.8 Å². The summed E-state index contributed by atoms with van der Waals surface area (Å²) in [6, 6.07) is 8.94. The van der Waals surface area contributed by atoms with Crippen molar-refractivity contribution in [1.82, 2.24) is 20.5 Å². The number of anilines is 1. The summed E-state index contributed by atoms with van der Waals surface area (Å²) < 4.78 is 0. The van der Waals surface area contributed by atoms with E-state index < -0.39 is 0 Å². The van der Waals surface area contributed by atoms with E-state index >= 15 is 0 Å². The summed E-state index contributed by atoms with van der Waals surface area (Å²) in [5, 5.41) is 6.44. The van der Waals surface area contributed by atoms with Gasteiger partial charge in [0, 0.05) is 50.8 Å². The molecule has 3 rings (SSSR count). The van der Waals surface area contributed by atoms with Gasteiger partial charge in [-0.3, -0.25) is 9.78 Å². The van der Waals surface area contributed by atoms with Crippen LogP contribution < -0.4 is 15.5 Å². The van der Waals surface area contributed by atoms with E-state index in [1.54, 1.807) is 29.4 Å². The highest BCUT2D eigenvalue weighted by Crippen LogP contribution is 2.27. The van der Waals surface area contributed by atoms with Gasteiger partial charge in [0.1, 0.15) is 0 Å². The van der Waals surface area contributed by atoms with Crippen LogP contribution in [-0.2, 0) is 11.3 Å². The molecule has 0 radical (unpaired) electrons. The molecule has 0 saturated carbocycles. The summed E-state index contributed by atoms with van der Waals surface area (Å²) in [6.45, 7) is 2.79. The lowest BCUT2D eigenvalue weighted by molar-refractivity contribution is -0.120. The fourth-order valence-electron chi connectivity index (χ4n) is 2.88. The van der Waals surface area contributed by atoms with Gasteiger partial charge in [0.15, 0.2) is 0 Å². The zero-order valence-electron chi connectivity index (χ0n) is 15.2. The van der Waals surface area contributed by atoms with Gasteiger partial charge in [-0.15, -0.1) is 0 Å². The van der Waals surface area contributed by atoms with Crippen LogP contribution in [0.25, 0.3) is 0 Å². The lowest BCUT2D eigenvalue weighted by Gasteiger charge is -2.36. The number of halogens is 2. The predicted octanol–water partition coefficient (Wildman–Crippen LogP) is 2.54. The molecule has 2 N–H and O–H groups in total. The molecule has 9 heteroatoms. The van der Waals surface area contributed by atoms with Crippen LogP contribution in [0, 0.1) is 0 Å². The highest BCUT2D eigenvalue weighted by molar-refractivity contribution is 6.42. The first-order valence-corrected chi connectivity index (χ1v) is 9.67. The Hall–Kier alpha value is -2.51. The summed E-state index contributed by atoms with van der Waals surface area (Å²) in [5.74, 6) is -0.244. The Bertz CT molecular complexity index is 826. The third-order valence-electron chi connectivity index (χ3n) is 4.45. The summed E-state index contributed by atoms with van der Waals surface area (Å²) in [4.78, 5) is 32.0. The number of aromatic nitrogens is 1. The zero-order valence-corrected chi connectivity index (χ0v) is 16.7. The second-order valence-electron chi connectivity index (χ2n) is 6.37. The zero-order chi connectivity index (χ0) is 19.9. The maximum atomic E-state index is 12.3. The third-order valence-corrected chi connectivity index (χ3v) is 5.19. The molecule has 1 aliphatic heterocycles. The quantitative estimate of drug-likeness (QED) is 0.777. The molecule has 1 aromatic heterocycles. The lowest BCUT2D eigenvalue weighted by Crippen LogP contribution is -2.53. The molecule has 28 heavy (non-hydrogen) atoms. The number of hydrogen-bond donors (Lipinski definition) is 2. The molecule has 1 aliphatic rings. The van der Waals surface area contributed by atoms with E-state index in [1.165, 1.54) is 0 Å². The fraction of sp³-hybridized carbons (Fsp3) is 0.316. The molecule has 7 nitrogen and oxygen atoms in total. The minimum atomic E-state index is -0.245. The van der Waals surface area contributed by atoms with Gasteiger partial charge in [0.25, 0.3) is 0 Å². The van der Waals surface area contributed by atoms with Crippen molar-refractivity contribution in [3.63, 3.8) is 0 Å². The molecule has 2 aromatic rings. The van der Waals surface area contributed by atoms with Crippen molar-refractivity contribution in [2.45, 2.75) is 6.54 Å². The van der Waals surface area contributed by atoms with Crippen molar-refractivity contribution in [2.75, 3.05) is 37.6 Å². The van der Waals surface area contributed by atoms with E-state index in [0.717, 1.165) is 11.3 Å². The Morgan fingerprint density at radius 2 is 1.82 bits per heavy atom. The van der Waals surface area contributed by atoms with Crippen LogP contribution in [0.15, 0.2) is 42.7 Å². The van der Waals surface area contributed by atoms with Gasteiger partial charge < -0.3 is 20.4 Å². The largest absolute Gasteiger partial charge is 0.368 e. The highest BCUT2D eigenvalue weighted by atomic mass is 35.5. The first kappa shape index (κ1) is 20.2. The van der Waals surface area contributed by atoms with E-state index in [4.69, 9.17) is 23.2 Å². The van der Waals surface area contributed by atoms with Gasteiger partial charge in [0.2, 0.25) is 5.91 Å². The number of carbonyl (C=O) groups excluding carboxylic acids is 2. The van der Waals surface area contributed by atoms with E-state index in [-0.39, 0.29) is 18.5 Å². The molecule has 0 bridgehead atoms.